The van der Waals surface area contributed by atoms with Gasteiger partial charge >= 0.3 is 12.1 Å². The van der Waals surface area contributed by atoms with E-state index in [0.29, 0.717) is 19.3 Å². The van der Waals surface area contributed by atoms with Crippen LogP contribution in [0, 0.1) is 5.92 Å². The molecule has 0 aromatic carbocycles. The molecule has 0 radical (unpaired) electrons. The molecule has 1 saturated carbocycles. The lowest BCUT2D eigenvalue weighted by Crippen LogP contribution is -2.40. The Hall–Kier alpha value is -0.740. The van der Waals surface area contributed by atoms with Crippen molar-refractivity contribution in [2.75, 3.05) is 0 Å². The molecule has 0 aromatic rings. The van der Waals surface area contributed by atoms with Crippen LogP contribution in [0.15, 0.2) is 0 Å². The number of ether oxygens (including phenoxy) is 1. The van der Waals surface area contributed by atoms with Crippen molar-refractivity contribution in [1.29, 1.82) is 0 Å². The minimum Gasteiger partial charge on any atom is -0.459 e. The molecular weight excluding hydrogens is 209 g/mol. The highest BCUT2D eigenvalue weighted by atomic mass is 19.4. The fraction of sp³-hybridized carbons (Fsp3) is 0.900. The van der Waals surface area contributed by atoms with E-state index in [2.05, 4.69) is 0 Å². The fourth-order valence-electron chi connectivity index (χ4n) is 2.60. The van der Waals surface area contributed by atoms with Gasteiger partial charge in [-0.3, -0.25) is 4.79 Å². The second-order valence-corrected chi connectivity index (χ2v) is 4.49. The van der Waals surface area contributed by atoms with E-state index in [9.17, 15) is 18.0 Å². The summed E-state index contributed by atoms with van der Waals surface area (Å²) in [6, 6.07) is 0. The number of hydrogen-bond donors (Lipinski definition) is 0. The highest BCUT2D eigenvalue weighted by Gasteiger charge is 2.51. The van der Waals surface area contributed by atoms with Gasteiger partial charge in [-0.15, -0.1) is 0 Å². The Morgan fingerprint density at radius 1 is 1.33 bits per heavy atom. The van der Waals surface area contributed by atoms with Gasteiger partial charge in [-0.05, 0) is 32.1 Å². The van der Waals surface area contributed by atoms with Gasteiger partial charge < -0.3 is 4.74 Å². The summed E-state index contributed by atoms with van der Waals surface area (Å²) >= 11 is 0. The van der Waals surface area contributed by atoms with Crippen molar-refractivity contribution in [2.24, 2.45) is 5.92 Å². The molecule has 2 fully saturated rings. The summed E-state index contributed by atoms with van der Waals surface area (Å²) in [6.07, 6.45) is -2.21. The molecule has 2 unspecified atom stereocenters. The van der Waals surface area contributed by atoms with E-state index in [4.69, 9.17) is 4.74 Å². The highest BCUT2D eigenvalue weighted by Crippen LogP contribution is 2.47. The van der Waals surface area contributed by atoms with E-state index in [1.807, 2.05) is 0 Å². The molecule has 1 aliphatic carbocycles. The van der Waals surface area contributed by atoms with Crippen molar-refractivity contribution in [1.82, 2.24) is 0 Å². The van der Waals surface area contributed by atoms with E-state index >= 15 is 0 Å². The van der Waals surface area contributed by atoms with Crippen LogP contribution in [0.4, 0.5) is 13.2 Å². The van der Waals surface area contributed by atoms with Gasteiger partial charge in [-0.25, -0.2) is 0 Å². The summed E-state index contributed by atoms with van der Waals surface area (Å²) in [5, 5.41) is 0. The van der Waals surface area contributed by atoms with Crippen molar-refractivity contribution in [3.05, 3.63) is 0 Å². The van der Waals surface area contributed by atoms with Crippen molar-refractivity contribution >= 4 is 5.97 Å². The third kappa shape index (κ3) is 2.11. The average molecular weight is 222 g/mol. The van der Waals surface area contributed by atoms with Gasteiger partial charge in [0.05, 0.1) is 5.92 Å². The fourth-order valence-corrected chi connectivity index (χ4v) is 2.60. The number of rotatable bonds is 0. The predicted octanol–water partition coefficient (Wildman–Crippen LogP) is 2.81. The molecule has 5 heteroatoms. The third-order valence-corrected chi connectivity index (χ3v) is 3.38. The van der Waals surface area contributed by atoms with E-state index in [1.54, 1.807) is 0 Å². The van der Waals surface area contributed by atoms with E-state index in [0.717, 1.165) is 0 Å². The maximum atomic E-state index is 12.5. The van der Waals surface area contributed by atoms with Crippen LogP contribution in [-0.2, 0) is 9.53 Å². The summed E-state index contributed by atoms with van der Waals surface area (Å²) in [6.45, 7) is 0. The van der Waals surface area contributed by atoms with E-state index in [1.165, 1.54) is 0 Å². The van der Waals surface area contributed by atoms with Gasteiger partial charge in [0.15, 0.2) is 0 Å². The topological polar surface area (TPSA) is 26.3 Å². The van der Waals surface area contributed by atoms with E-state index in [-0.39, 0.29) is 25.2 Å². The minimum absolute atomic E-state index is 0.0394. The lowest BCUT2D eigenvalue weighted by molar-refractivity contribution is -0.203. The van der Waals surface area contributed by atoms with Crippen molar-refractivity contribution in [3.8, 4) is 0 Å². The van der Waals surface area contributed by atoms with Crippen LogP contribution in [0.5, 0.6) is 0 Å². The maximum Gasteiger partial charge on any atom is 0.391 e. The zero-order valence-electron chi connectivity index (χ0n) is 8.27. The molecule has 2 aliphatic rings. The van der Waals surface area contributed by atoms with Crippen LogP contribution in [-0.4, -0.2) is 17.7 Å². The van der Waals surface area contributed by atoms with Crippen molar-refractivity contribution < 1.29 is 22.7 Å². The normalized spacial score (nSPS) is 37.0. The summed E-state index contributed by atoms with van der Waals surface area (Å²) in [5.74, 6) is -1.64. The molecule has 15 heavy (non-hydrogen) atoms. The maximum absolute atomic E-state index is 12.5. The van der Waals surface area contributed by atoms with Gasteiger partial charge in [-0.2, -0.15) is 13.2 Å². The van der Waals surface area contributed by atoms with Crippen LogP contribution in [0.1, 0.15) is 38.5 Å². The van der Waals surface area contributed by atoms with Crippen LogP contribution in [0.3, 0.4) is 0 Å². The summed E-state index contributed by atoms with van der Waals surface area (Å²) in [7, 11) is 0. The minimum atomic E-state index is -4.15. The lowest BCUT2D eigenvalue weighted by Gasteiger charge is -2.37. The number of hydrogen-bond acceptors (Lipinski definition) is 2. The Balaban J connectivity index is 2.07. The molecule has 0 bridgehead atoms. The highest BCUT2D eigenvalue weighted by molar-refractivity contribution is 5.72. The average Bonchev–Trinajstić information content (AvgIpc) is 2.46. The molecule has 1 saturated heterocycles. The largest absolute Gasteiger partial charge is 0.459 e. The van der Waals surface area contributed by atoms with Gasteiger partial charge in [0.2, 0.25) is 0 Å². The number of carbonyl (C=O) groups is 1. The standard InChI is InChI=1S/C10H13F3O2/c11-10(12,13)7-2-1-4-9(6-7)5-3-8(14)15-9/h7H,1-6H2. The van der Waals surface area contributed by atoms with E-state index < -0.39 is 17.7 Å². The van der Waals surface area contributed by atoms with Crippen molar-refractivity contribution in [3.63, 3.8) is 0 Å². The molecule has 0 N–H and O–H groups in total. The molecule has 2 nitrogen and oxygen atoms in total. The number of alkyl halides is 3. The van der Waals surface area contributed by atoms with Crippen LogP contribution in [0.25, 0.3) is 0 Å². The van der Waals surface area contributed by atoms with Crippen molar-refractivity contribution in [2.45, 2.75) is 50.3 Å². The first kappa shape index (κ1) is 10.8. The quantitative estimate of drug-likeness (QED) is 0.589. The van der Waals surface area contributed by atoms with Gasteiger partial charge in [-0.1, -0.05) is 0 Å². The SMILES string of the molecule is O=C1CCC2(CCCC(C(F)(F)F)C2)O1. The molecular formula is C10H13F3O2. The van der Waals surface area contributed by atoms with Gasteiger partial charge in [0, 0.05) is 6.42 Å². The molecule has 1 heterocycles. The molecule has 2 atom stereocenters. The zero-order valence-corrected chi connectivity index (χ0v) is 8.27. The predicted molar refractivity (Wildman–Crippen MR) is 46.1 cm³/mol. The van der Waals surface area contributed by atoms with Gasteiger partial charge in [0.1, 0.15) is 5.60 Å². The molecule has 0 amide bonds. The molecule has 2 rings (SSSR count). The Morgan fingerprint density at radius 2 is 2.07 bits per heavy atom. The first-order chi connectivity index (χ1) is 6.91. The molecule has 1 spiro atoms. The van der Waals surface area contributed by atoms with Gasteiger partial charge in [0.25, 0.3) is 0 Å². The summed E-state index contributed by atoms with van der Waals surface area (Å²) in [4.78, 5) is 11.0. The first-order valence-corrected chi connectivity index (χ1v) is 5.20. The smallest absolute Gasteiger partial charge is 0.391 e. The first-order valence-electron chi connectivity index (χ1n) is 5.20. The summed E-state index contributed by atoms with van der Waals surface area (Å²) < 4.78 is 42.7. The van der Waals surface area contributed by atoms with Crippen LogP contribution >= 0.6 is 0 Å². The third-order valence-electron chi connectivity index (χ3n) is 3.38. The number of esters is 1. The lowest BCUT2D eigenvalue weighted by atomic mass is 9.76. The second kappa shape index (κ2) is 3.39. The number of carbonyl (C=O) groups excluding carboxylic acids is 1. The zero-order chi connectivity index (χ0) is 11.1. The second-order valence-electron chi connectivity index (χ2n) is 4.49. The molecule has 0 aromatic heterocycles. The monoisotopic (exact) mass is 222 g/mol. The van der Waals surface area contributed by atoms with Crippen LogP contribution < -0.4 is 0 Å². The molecule has 1 aliphatic heterocycles. The Bertz CT molecular complexity index is 274. The Morgan fingerprint density at radius 3 is 2.60 bits per heavy atom. The van der Waals surface area contributed by atoms with Crippen LogP contribution in [0.2, 0.25) is 0 Å². The Labute approximate surface area is 85.8 Å². The summed E-state index contributed by atoms with van der Waals surface area (Å²) in [5.41, 5.74) is -0.796. The number of halogens is 3. The Kier molecular flexibility index (Phi) is 2.43. The molecule has 86 valence electrons.